The summed E-state index contributed by atoms with van der Waals surface area (Å²) in [6.07, 6.45) is 0. The van der Waals surface area contributed by atoms with E-state index >= 15 is 0 Å². The molecule has 2 aliphatic heterocycles. The Morgan fingerprint density at radius 3 is 2.38 bits per heavy atom. The second kappa shape index (κ2) is 11.4. The number of carbonyl (C=O) groups is 1. The maximum absolute atomic E-state index is 13.8. The summed E-state index contributed by atoms with van der Waals surface area (Å²) in [6, 6.07) is 17.6. The molecule has 206 valence electrons. The summed E-state index contributed by atoms with van der Waals surface area (Å²) >= 11 is 3.37. The highest BCUT2D eigenvalue weighted by Gasteiger charge is 2.31. The number of nitrogens with zero attached hydrogens (tertiary/aromatic N) is 3. The molecule has 11 heteroatoms. The fraction of sp³-hybridized carbons (Fsp3) is 0.321. The number of amides is 1. The Balaban J connectivity index is 1.29. The van der Waals surface area contributed by atoms with Crippen molar-refractivity contribution in [3.05, 3.63) is 76.3 Å². The van der Waals surface area contributed by atoms with Crippen molar-refractivity contribution in [2.45, 2.75) is 18.4 Å². The van der Waals surface area contributed by atoms with Crippen LogP contribution in [0.25, 0.3) is 0 Å². The number of benzene rings is 3. The molecule has 2 heterocycles. The van der Waals surface area contributed by atoms with Crippen LogP contribution in [0.4, 0.5) is 5.69 Å². The quantitative estimate of drug-likeness (QED) is 0.378. The third-order valence-electron chi connectivity index (χ3n) is 6.88. The van der Waals surface area contributed by atoms with Crippen LogP contribution in [0.2, 0.25) is 0 Å². The molecule has 0 saturated carbocycles. The molecule has 3 aromatic rings. The highest BCUT2D eigenvalue weighted by atomic mass is 79.9. The van der Waals surface area contributed by atoms with E-state index in [2.05, 4.69) is 20.8 Å². The number of hydrogen-bond acceptors (Lipinski definition) is 7. The van der Waals surface area contributed by atoms with E-state index in [1.807, 2.05) is 37.3 Å². The minimum absolute atomic E-state index is 0.0668. The molecule has 5 rings (SSSR count). The summed E-state index contributed by atoms with van der Waals surface area (Å²) in [7, 11) is -2.52. The molecule has 0 unspecified atom stereocenters. The van der Waals surface area contributed by atoms with E-state index in [0.717, 1.165) is 29.2 Å². The van der Waals surface area contributed by atoms with E-state index in [4.69, 9.17) is 14.2 Å². The average Bonchev–Trinajstić information content (AvgIpc) is 3.40. The number of halogens is 1. The van der Waals surface area contributed by atoms with E-state index in [0.29, 0.717) is 42.1 Å². The Morgan fingerprint density at radius 2 is 1.69 bits per heavy atom. The molecule has 39 heavy (non-hydrogen) atoms. The lowest BCUT2D eigenvalue weighted by Crippen LogP contribution is -2.51. The molecule has 1 fully saturated rings. The van der Waals surface area contributed by atoms with E-state index in [-0.39, 0.29) is 24.1 Å². The van der Waals surface area contributed by atoms with E-state index in [1.165, 1.54) is 23.5 Å². The van der Waals surface area contributed by atoms with Crippen molar-refractivity contribution in [2.75, 3.05) is 50.9 Å². The first-order valence-corrected chi connectivity index (χ1v) is 14.8. The Morgan fingerprint density at radius 1 is 0.974 bits per heavy atom. The number of sulfonamides is 1. The second-order valence-corrected chi connectivity index (χ2v) is 12.2. The van der Waals surface area contributed by atoms with Crippen LogP contribution in [0.3, 0.4) is 0 Å². The number of rotatable bonds is 8. The van der Waals surface area contributed by atoms with Crippen LogP contribution in [0.1, 0.15) is 11.1 Å². The van der Waals surface area contributed by atoms with Crippen molar-refractivity contribution in [3.63, 3.8) is 0 Å². The molecule has 0 aromatic heterocycles. The molecule has 0 radical (unpaired) electrons. The molecule has 0 spiro atoms. The number of aryl methyl sites for hydroxylation is 1. The number of methoxy groups -OCH3 is 1. The monoisotopic (exact) mass is 615 g/mol. The number of ether oxygens (including phenoxy) is 3. The Kier molecular flexibility index (Phi) is 8.01. The van der Waals surface area contributed by atoms with Gasteiger partial charge in [0.05, 0.1) is 22.2 Å². The van der Waals surface area contributed by atoms with Gasteiger partial charge in [0.25, 0.3) is 10.0 Å². The number of carbonyl (C=O) groups excluding carboxylic acids is 1. The maximum atomic E-state index is 13.8. The lowest BCUT2D eigenvalue weighted by Gasteiger charge is -2.36. The fourth-order valence-corrected chi connectivity index (χ4v) is 6.77. The van der Waals surface area contributed by atoms with Gasteiger partial charge >= 0.3 is 0 Å². The van der Waals surface area contributed by atoms with Crippen molar-refractivity contribution in [1.82, 2.24) is 9.80 Å². The van der Waals surface area contributed by atoms with Gasteiger partial charge in [-0.2, -0.15) is 0 Å². The van der Waals surface area contributed by atoms with Crippen LogP contribution in [-0.2, 0) is 21.4 Å². The van der Waals surface area contributed by atoms with Crippen molar-refractivity contribution in [3.8, 4) is 17.2 Å². The Labute approximate surface area is 237 Å². The molecule has 9 nitrogen and oxygen atoms in total. The molecule has 3 aromatic carbocycles. The van der Waals surface area contributed by atoms with Gasteiger partial charge in [-0.3, -0.25) is 14.0 Å². The standard InChI is InChI=1S/C28H30BrN3O6S/c1-20-3-6-22(7-4-20)32(39(34,35)23-8-10-25(36-2)24(29)16-23)18-28(33)31-13-11-30(12-14-31)17-21-5-9-26-27(15-21)38-19-37-26/h3-10,15-16H,11-14,17-19H2,1-2H3. The summed E-state index contributed by atoms with van der Waals surface area (Å²) in [4.78, 5) is 17.5. The summed E-state index contributed by atoms with van der Waals surface area (Å²) < 4.78 is 45.4. The first-order chi connectivity index (χ1) is 18.7. The molecule has 0 atom stereocenters. The first-order valence-electron chi connectivity index (χ1n) is 12.6. The summed E-state index contributed by atoms with van der Waals surface area (Å²) in [6.45, 7) is 5.00. The SMILES string of the molecule is COc1ccc(S(=O)(=O)N(CC(=O)N2CCN(Cc3ccc4c(c3)OCO4)CC2)c2ccc(C)cc2)cc1Br. The molecular weight excluding hydrogens is 586 g/mol. The largest absolute Gasteiger partial charge is 0.496 e. The zero-order valence-electron chi connectivity index (χ0n) is 21.8. The second-order valence-electron chi connectivity index (χ2n) is 9.49. The van der Waals surface area contributed by atoms with Crippen molar-refractivity contribution in [1.29, 1.82) is 0 Å². The van der Waals surface area contributed by atoms with Crippen LogP contribution in [0, 0.1) is 6.92 Å². The molecule has 1 saturated heterocycles. The van der Waals surface area contributed by atoms with Crippen LogP contribution < -0.4 is 18.5 Å². The fourth-order valence-electron chi connectivity index (χ4n) is 4.64. The van der Waals surface area contributed by atoms with Crippen molar-refractivity contribution in [2.24, 2.45) is 0 Å². The smallest absolute Gasteiger partial charge is 0.264 e. The molecule has 0 aliphatic carbocycles. The van der Waals surface area contributed by atoms with Crippen molar-refractivity contribution >= 4 is 37.5 Å². The zero-order chi connectivity index (χ0) is 27.6. The van der Waals surface area contributed by atoms with Gasteiger partial charge in [0.2, 0.25) is 12.7 Å². The third kappa shape index (κ3) is 6.00. The van der Waals surface area contributed by atoms with Crippen LogP contribution in [0.5, 0.6) is 17.2 Å². The van der Waals surface area contributed by atoms with Gasteiger partial charge in [0.15, 0.2) is 11.5 Å². The minimum atomic E-state index is -4.04. The molecule has 0 N–H and O–H groups in total. The normalized spacial score (nSPS) is 15.3. The number of hydrogen-bond donors (Lipinski definition) is 0. The van der Waals surface area contributed by atoms with Gasteiger partial charge < -0.3 is 19.1 Å². The topological polar surface area (TPSA) is 88.6 Å². The van der Waals surface area contributed by atoms with Crippen LogP contribution >= 0.6 is 15.9 Å². The van der Waals surface area contributed by atoms with Crippen molar-refractivity contribution < 1.29 is 27.4 Å². The predicted molar refractivity (Wildman–Crippen MR) is 151 cm³/mol. The highest BCUT2D eigenvalue weighted by Crippen LogP contribution is 2.33. The Hall–Kier alpha value is -3.28. The maximum Gasteiger partial charge on any atom is 0.264 e. The molecule has 1 amide bonds. The third-order valence-corrected chi connectivity index (χ3v) is 9.27. The van der Waals surface area contributed by atoms with Gasteiger partial charge in [-0.15, -0.1) is 0 Å². The van der Waals surface area contributed by atoms with Crippen LogP contribution in [-0.4, -0.2) is 70.8 Å². The summed E-state index contributed by atoms with van der Waals surface area (Å²) in [5.74, 6) is 1.78. The lowest BCUT2D eigenvalue weighted by atomic mass is 10.1. The van der Waals surface area contributed by atoms with E-state index < -0.39 is 10.0 Å². The Bertz CT molecular complexity index is 1460. The minimum Gasteiger partial charge on any atom is -0.496 e. The van der Waals surface area contributed by atoms with Gasteiger partial charge in [0.1, 0.15) is 12.3 Å². The molecular formula is C28H30BrN3O6S. The van der Waals surface area contributed by atoms with Gasteiger partial charge in [-0.1, -0.05) is 23.8 Å². The first kappa shape index (κ1) is 27.3. The number of anilines is 1. The average molecular weight is 617 g/mol. The van der Waals surface area contributed by atoms with Gasteiger partial charge in [-0.05, 0) is 70.9 Å². The zero-order valence-corrected chi connectivity index (χ0v) is 24.2. The van der Waals surface area contributed by atoms with Gasteiger partial charge in [-0.25, -0.2) is 8.42 Å². The summed E-state index contributed by atoms with van der Waals surface area (Å²) in [5.41, 5.74) is 2.54. The lowest BCUT2D eigenvalue weighted by molar-refractivity contribution is -0.131. The van der Waals surface area contributed by atoms with E-state index in [1.54, 1.807) is 23.1 Å². The number of fused-ring (bicyclic) bond motifs is 1. The highest BCUT2D eigenvalue weighted by molar-refractivity contribution is 9.10. The van der Waals surface area contributed by atoms with Crippen LogP contribution in [0.15, 0.2) is 70.0 Å². The molecule has 0 bridgehead atoms. The number of piperazine rings is 1. The molecule has 2 aliphatic rings. The van der Waals surface area contributed by atoms with Gasteiger partial charge in [0, 0.05) is 32.7 Å². The predicted octanol–water partition coefficient (Wildman–Crippen LogP) is 4.03. The summed E-state index contributed by atoms with van der Waals surface area (Å²) in [5, 5.41) is 0. The van der Waals surface area contributed by atoms with E-state index in [9.17, 15) is 13.2 Å².